The summed E-state index contributed by atoms with van der Waals surface area (Å²) in [4.78, 5) is 9.63. The normalized spacial score (nSPS) is 27.9. The van der Waals surface area contributed by atoms with Gasteiger partial charge in [-0.3, -0.25) is 4.98 Å². The number of aliphatic hydroxyl groups is 3. The van der Waals surface area contributed by atoms with Crippen LogP contribution in [0.5, 0.6) is 5.75 Å². The van der Waals surface area contributed by atoms with E-state index in [9.17, 15) is 15.3 Å². The molecule has 0 aliphatic carbocycles. The molecule has 3 heterocycles. The Labute approximate surface area is 142 Å². The summed E-state index contributed by atoms with van der Waals surface area (Å²) in [7, 11) is 0. The third-order valence-corrected chi connectivity index (χ3v) is 5.94. The molecule has 1 saturated heterocycles. The minimum atomic E-state index is -1.20. The molecule has 2 aromatic heterocycles. The number of thioether (sulfide) groups is 1. The van der Waals surface area contributed by atoms with Crippen LogP contribution in [0, 0.1) is 13.8 Å². The van der Waals surface area contributed by atoms with Crippen LogP contribution in [0.15, 0.2) is 18.5 Å². The molecule has 0 saturated carbocycles. The minimum absolute atomic E-state index is 0.309. The van der Waals surface area contributed by atoms with Gasteiger partial charge in [0.1, 0.15) is 18.0 Å². The van der Waals surface area contributed by atoms with Crippen molar-refractivity contribution in [2.45, 2.75) is 37.6 Å². The highest BCUT2D eigenvalue weighted by Gasteiger charge is 2.38. The predicted molar refractivity (Wildman–Crippen MR) is 89.7 cm³/mol. The topological polar surface area (TPSA) is 95.7 Å². The van der Waals surface area contributed by atoms with Crippen molar-refractivity contribution in [3.05, 3.63) is 29.2 Å². The fourth-order valence-electron chi connectivity index (χ4n) is 2.42. The number of aromatic nitrogens is 2. The molecule has 124 valence electrons. The van der Waals surface area contributed by atoms with Gasteiger partial charge in [-0.15, -0.1) is 23.1 Å². The Morgan fingerprint density at radius 1 is 1.17 bits per heavy atom. The second kappa shape index (κ2) is 6.74. The Morgan fingerprint density at radius 3 is 2.65 bits per heavy atom. The molecule has 23 heavy (non-hydrogen) atoms. The number of nitrogens with zero attached hydrogens (tertiary/aromatic N) is 2. The Kier molecular flexibility index (Phi) is 4.88. The first-order valence-corrected chi connectivity index (χ1v) is 9.04. The quantitative estimate of drug-likeness (QED) is 0.766. The zero-order chi connectivity index (χ0) is 16.6. The van der Waals surface area contributed by atoms with Gasteiger partial charge in [0, 0.05) is 17.5 Å². The van der Waals surface area contributed by atoms with E-state index in [4.69, 9.17) is 4.74 Å². The first-order chi connectivity index (χ1) is 11.0. The van der Waals surface area contributed by atoms with Gasteiger partial charge in [-0.1, -0.05) is 0 Å². The number of thiazole rings is 1. The van der Waals surface area contributed by atoms with E-state index in [2.05, 4.69) is 9.97 Å². The summed E-state index contributed by atoms with van der Waals surface area (Å²) in [5.41, 5.74) is 1.20. The highest BCUT2D eigenvalue weighted by molar-refractivity contribution is 7.99. The molecule has 0 amide bonds. The summed E-state index contributed by atoms with van der Waals surface area (Å²) in [6, 6.07) is 1.84. The van der Waals surface area contributed by atoms with Crippen LogP contribution in [0.25, 0.3) is 10.4 Å². The summed E-state index contributed by atoms with van der Waals surface area (Å²) >= 11 is 2.86. The Bertz CT molecular complexity index is 694. The molecule has 0 spiro atoms. The third kappa shape index (κ3) is 3.51. The van der Waals surface area contributed by atoms with Crippen molar-refractivity contribution < 1.29 is 20.1 Å². The third-order valence-electron chi connectivity index (χ3n) is 3.59. The van der Waals surface area contributed by atoms with E-state index in [0.29, 0.717) is 11.5 Å². The lowest BCUT2D eigenvalue weighted by atomic mass is 10.1. The van der Waals surface area contributed by atoms with Crippen molar-refractivity contribution in [1.82, 2.24) is 9.97 Å². The van der Waals surface area contributed by atoms with E-state index in [1.807, 2.05) is 19.9 Å². The Morgan fingerprint density at radius 2 is 1.96 bits per heavy atom. The van der Waals surface area contributed by atoms with Gasteiger partial charge in [0.25, 0.3) is 0 Å². The molecule has 1 fully saturated rings. The van der Waals surface area contributed by atoms with Crippen LogP contribution in [-0.2, 0) is 0 Å². The number of aliphatic hydroxyl groups excluding tert-OH is 3. The number of hydrogen-bond donors (Lipinski definition) is 3. The van der Waals surface area contributed by atoms with Crippen LogP contribution in [0.2, 0.25) is 0 Å². The molecular formula is C15H18N2O4S2. The molecular weight excluding hydrogens is 336 g/mol. The summed E-state index contributed by atoms with van der Waals surface area (Å²) in [5, 5.41) is 30.3. The minimum Gasteiger partial charge on any atom is -0.475 e. The van der Waals surface area contributed by atoms with E-state index in [-0.39, 0.29) is 0 Å². The van der Waals surface area contributed by atoms with Crippen molar-refractivity contribution in [2.75, 3.05) is 5.75 Å². The largest absolute Gasteiger partial charge is 0.475 e. The van der Waals surface area contributed by atoms with Gasteiger partial charge >= 0.3 is 0 Å². The monoisotopic (exact) mass is 354 g/mol. The zero-order valence-corrected chi connectivity index (χ0v) is 14.3. The number of pyridine rings is 1. The summed E-state index contributed by atoms with van der Waals surface area (Å²) in [6.45, 7) is 3.90. The van der Waals surface area contributed by atoms with Crippen LogP contribution < -0.4 is 4.74 Å². The standard InChI is InChI=1S/C15H18N2O4S2/c1-7-14(23-8(2)17-7)9-3-10(5-16-4-9)21-15-13(20)12(19)11(18)6-22-15/h3-5,11-13,15,18-20H,6H2,1-2H3/t11-,12+,13-,15-/m1/s1. The molecule has 2 aromatic rings. The van der Waals surface area contributed by atoms with Crippen molar-refractivity contribution in [1.29, 1.82) is 0 Å². The molecule has 3 N–H and O–H groups in total. The summed E-state index contributed by atoms with van der Waals surface area (Å²) < 4.78 is 5.76. The molecule has 0 radical (unpaired) electrons. The maximum absolute atomic E-state index is 10.0. The Balaban J connectivity index is 1.79. The van der Waals surface area contributed by atoms with Gasteiger partial charge in [-0.2, -0.15) is 0 Å². The smallest absolute Gasteiger partial charge is 0.173 e. The van der Waals surface area contributed by atoms with Gasteiger partial charge in [0.15, 0.2) is 5.44 Å². The molecule has 3 rings (SSSR count). The van der Waals surface area contributed by atoms with Crippen LogP contribution in [-0.4, -0.2) is 54.8 Å². The average molecular weight is 354 g/mol. The van der Waals surface area contributed by atoms with Crippen LogP contribution in [0.3, 0.4) is 0 Å². The van der Waals surface area contributed by atoms with Crippen molar-refractivity contribution in [2.24, 2.45) is 0 Å². The number of aryl methyl sites for hydroxylation is 2. The van der Waals surface area contributed by atoms with Crippen molar-refractivity contribution >= 4 is 23.1 Å². The predicted octanol–water partition coefficient (Wildman–Crippen LogP) is 1.36. The lowest BCUT2D eigenvalue weighted by Crippen LogP contribution is -2.50. The van der Waals surface area contributed by atoms with Gasteiger partial charge < -0.3 is 20.1 Å². The first-order valence-electron chi connectivity index (χ1n) is 7.17. The molecule has 8 heteroatoms. The van der Waals surface area contributed by atoms with Gasteiger partial charge in [-0.25, -0.2) is 4.98 Å². The fourth-order valence-corrected chi connectivity index (χ4v) is 4.45. The average Bonchev–Trinajstić information content (AvgIpc) is 2.87. The maximum Gasteiger partial charge on any atom is 0.173 e. The SMILES string of the molecule is Cc1nc(C)c(-c2cncc(O[C@@H]3SC[C@@H](O)[C@H](O)[C@H]3O)c2)s1. The first kappa shape index (κ1) is 16.7. The van der Waals surface area contributed by atoms with E-state index < -0.39 is 23.7 Å². The van der Waals surface area contributed by atoms with E-state index in [1.165, 1.54) is 11.8 Å². The van der Waals surface area contributed by atoms with E-state index in [1.54, 1.807) is 23.7 Å². The van der Waals surface area contributed by atoms with E-state index >= 15 is 0 Å². The maximum atomic E-state index is 10.0. The summed E-state index contributed by atoms with van der Waals surface area (Å²) in [6.07, 6.45) is 0.0125. The number of hydrogen-bond acceptors (Lipinski definition) is 8. The molecule has 0 bridgehead atoms. The van der Waals surface area contributed by atoms with Gasteiger partial charge in [0.05, 0.1) is 27.9 Å². The van der Waals surface area contributed by atoms with Gasteiger partial charge in [-0.05, 0) is 19.9 Å². The van der Waals surface area contributed by atoms with Gasteiger partial charge in [0.2, 0.25) is 0 Å². The second-order valence-electron chi connectivity index (χ2n) is 5.42. The number of rotatable bonds is 3. The van der Waals surface area contributed by atoms with Crippen LogP contribution in [0.4, 0.5) is 0 Å². The fraction of sp³-hybridized carbons (Fsp3) is 0.467. The molecule has 1 aliphatic rings. The zero-order valence-electron chi connectivity index (χ0n) is 12.7. The second-order valence-corrected chi connectivity index (χ2v) is 7.76. The Hall–Kier alpha value is -1.19. The van der Waals surface area contributed by atoms with E-state index in [0.717, 1.165) is 21.1 Å². The highest BCUT2D eigenvalue weighted by Crippen LogP contribution is 2.33. The molecule has 4 atom stereocenters. The number of ether oxygens (including phenoxy) is 1. The van der Waals surface area contributed by atoms with Crippen LogP contribution >= 0.6 is 23.1 Å². The molecule has 1 aliphatic heterocycles. The molecule has 6 nitrogen and oxygen atoms in total. The van der Waals surface area contributed by atoms with Crippen molar-refractivity contribution in [3.63, 3.8) is 0 Å². The summed E-state index contributed by atoms with van der Waals surface area (Å²) in [5.74, 6) is 0.816. The van der Waals surface area contributed by atoms with Crippen molar-refractivity contribution in [3.8, 4) is 16.2 Å². The lowest BCUT2D eigenvalue weighted by molar-refractivity contribution is -0.0786. The highest BCUT2D eigenvalue weighted by atomic mass is 32.2. The van der Waals surface area contributed by atoms with Crippen LogP contribution in [0.1, 0.15) is 10.7 Å². The molecule has 0 unspecified atom stereocenters. The lowest BCUT2D eigenvalue weighted by Gasteiger charge is -2.34. The molecule has 0 aromatic carbocycles.